The molecule has 1 heterocycles. The molecule has 0 radical (unpaired) electrons. The minimum atomic E-state index is -2.72. The van der Waals surface area contributed by atoms with Crippen LogP contribution in [0.3, 0.4) is 0 Å². The number of aromatic amines is 1. The van der Waals surface area contributed by atoms with Gasteiger partial charge < -0.3 is 10.1 Å². The number of hydrogen-bond acceptors (Lipinski definition) is 1. The van der Waals surface area contributed by atoms with Crippen LogP contribution in [0.4, 0.5) is 8.78 Å². The van der Waals surface area contributed by atoms with Crippen molar-refractivity contribution in [1.29, 1.82) is 0 Å². The van der Waals surface area contributed by atoms with Crippen LogP contribution in [-0.2, 0) is 23.1 Å². The number of nitrogens with one attached hydrogen (secondary N) is 1. The fourth-order valence-electron chi connectivity index (χ4n) is 3.50. The topological polar surface area (TPSA) is 53.1 Å². The summed E-state index contributed by atoms with van der Waals surface area (Å²) >= 11 is 0. The van der Waals surface area contributed by atoms with Crippen molar-refractivity contribution in [2.45, 2.75) is 62.7 Å². The molecule has 1 aromatic rings. The van der Waals surface area contributed by atoms with Crippen molar-refractivity contribution in [1.82, 2.24) is 4.98 Å². The molecule has 20 heavy (non-hydrogen) atoms. The van der Waals surface area contributed by atoms with E-state index in [2.05, 4.69) is 4.98 Å². The second-order valence-corrected chi connectivity index (χ2v) is 6.14. The molecular formula is C15H19F2NO2. The molecular weight excluding hydrogens is 264 g/mol. The summed E-state index contributed by atoms with van der Waals surface area (Å²) in [6, 6.07) is 1.91. The highest BCUT2D eigenvalue weighted by Crippen LogP contribution is 2.46. The van der Waals surface area contributed by atoms with Crippen LogP contribution in [0.25, 0.3) is 0 Å². The van der Waals surface area contributed by atoms with Crippen molar-refractivity contribution in [3.05, 3.63) is 23.0 Å². The Morgan fingerprint density at radius 3 is 2.40 bits per heavy atom. The highest BCUT2D eigenvalue weighted by Gasteiger charge is 2.50. The lowest BCUT2D eigenvalue weighted by atomic mass is 9.70. The Hall–Kier alpha value is -1.39. The monoisotopic (exact) mass is 283 g/mol. The quantitative estimate of drug-likeness (QED) is 0.873. The van der Waals surface area contributed by atoms with Gasteiger partial charge in [0.2, 0.25) is 5.92 Å². The number of hydrogen-bond donors (Lipinski definition) is 2. The standard InChI is InChI=1S/C15H19F2NO2/c16-15(17)7-5-14(6-8-15,13(19)20)12-9-10-3-1-2-4-11(10)18-12/h9,18H,1-8H2,(H,19,20). The molecule has 0 amide bonds. The van der Waals surface area contributed by atoms with Crippen LogP contribution in [0, 0.1) is 0 Å². The van der Waals surface area contributed by atoms with E-state index >= 15 is 0 Å². The van der Waals surface area contributed by atoms with Crippen LogP contribution in [-0.4, -0.2) is 22.0 Å². The third kappa shape index (κ3) is 2.13. The number of aromatic nitrogens is 1. The fourth-order valence-corrected chi connectivity index (χ4v) is 3.50. The van der Waals surface area contributed by atoms with Gasteiger partial charge in [0.1, 0.15) is 5.41 Å². The molecule has 1 fully saturated rings. The zero-order valence-corrected chi connectivity index (χ0v) is 11.3. The summed E-state index contributed by atoms with van der Waals surface area (Å²) in [7, 11) is 0. The number of carboxylic acids is 1. The van der Waals surface area contributed by atoms with Crippen LogP contribution >= 0.6 is 0 Å². The van der Waals surface area contributed by atoms with Gasteiger partial charge in [-0.25, -0.2) is 8.78 Å². The van der Waals surface area contributed by atoms with Gasteiger partial charge in [-0.2, -0.15) is 0 Å². The van der Waals surface area contributed by atoms with Crippen molar-refractivity contribution < 1.29 is 18.7 Å². The first-order valence-corrected chi connectivity index (χ1v) is 7.25. The SMILES string of the molecule is O=C(O)C1(c2cc3c([nH]2)CCCC3)CCC(F)(F)CC1. The molecule has 110 valence electrons. The number of carbonyl (C=O) groups is 1. The van der Waals surface area contributed by atoms with Crippen LogP contribution in [0.5, 0.6) is 0 Å². The van der Waals surface area contributed by atoms with E-state index in [0.29, 0.717) is 5.69 Å². The molecule has 0 saturated heterocycles. The van der Waals surface area contributed by atoms with E-state index < -0.39 is 17.3 Å². The third-order valence-corrected chi connectivity index (χ3v) is 4.87. The first-order valence-electron chi connectivity index (χ1n) is 7.25. The summed E-state index contributed by atoms with van der Waals surface area (Å²) in [6.07, 6.45) is 3.43. The zero-order chi connectivity index (χ0) is 14.4. The lowest BCUT2D eigenvalue weighted by Gasteiger charge is -2.36. The van der Waals surface area contributed by atoms with E-state index in [9.17, 15) is 18.7 Å². The molecule has 2 N–H and O–H groups in total. The summed E-state index contributed by atoms with van der Waals surface area (Å²) in [5.41, 5.74) is 1.75. The molecule has 0 unspecified atom stereocenters. The summed E-state index contributed by atoms with van der Waals surface area (Å²) in [4.78, 5) is 15.0. The smallest absolute Gasteiger partial charge is 0.315 e. The van der Waals surface area contributed by atoms with Crippen LogP contribution < -0.4 is 0 Å². The Morgan fingerprint density at radius 1 is 1.15 bits per heavy atom. The molecule has 2 aliphatic rings. The number of carboxylic acid groups (broad SMARTS) is 1. The molecule has 1 aromatic heterocycles. The molecule has 0 bridgehead atoms. The van der Waals surface area contributed by atoms with Gasteiger partial charge in [0.25, 0.3) is 0 Å². The van der Waals surface area contributed by atoms with Gasteiger partial charge >= 0.3 is 5.97 Å². The first-order chi connectivity index (χ1) is 9.43. The molecule has 0 aromatic carbocycles. The Labute approximate surface area is 116 Å². The molecule has 3 rings (SSSR count). The van der Waals surface area contributed by atoms with Gasteiger partial charge in [-0.05, 0) is 50.2 Å². The van der Waals surface area contributed by atoms with Crippen molar-refractivity contribution >= 4 is 5.97 Å². The highest BCUT2D eigenvalue weighted by molar-refractivity contribution is 5.81. The number of H-pyrrole nitrogens is 1. The Kier molecular flexibility index (Phi) is 3.10. The van der Waals surface area contributed by atoms with Crippen molar-refractivity contribution in [2.24, 2.45) is 0 Å². The van der Waals surface area contributed by atoms with Gasteiger partial charge in [0.15, 0.2) is 0 Å². The van der Waals surface area contributed by atoms with Crippen molar-refractivity contribution in [3.8, 4) is 0 Å². The van der Waals surface area contributed by atoms with E-state index in [0.717, 1.165) is 31.4 Å². The highest BCUT2D eigenvalue weighted by atomic mass is 19.3. The van der Waals surface area contributed by atoms with Gasteiger partial charge in [-0.1, -0.05) is 0 Å². The van der Waals surface area contributed by atoms with E-state index in [4.69, 9.17) is 0 Å². The maximum Gasteiger partial charge on any atom is 0.315 e. The lowest BCUT2D eigenvalue weighted by Crippen LogP contribution is -2.43. The zero-order valence-electron chi connectivity index (χ0n) is 11.3. The van der Waals surface area contributed by atoms with Crippen molar-refractivity contribution in [3.63, 3.8) is 0 Å². The third-order valence-electron chi connectivity index (χ3n) is 4.87. The lowest BCUT2D eigenvalue weighted by molar-refractivity contribution is -0.149. The summed E-state index contributed by atoms with van der Waals surface area (Å²) in [5, 5.41) is 9.61. The van der Waals surface area contributed by atoms with E-state index in [1.807, 2.05) is 6.07 Å². The maximum absolute atomic E-state index is 13.4. The van der Waals surface area contributed by atoms with Gasteiger partial charge in [0, 0.05) is 24.2 Å². The minimum Gasteiger partial charge on any atom is -0.481 e. The average molecular weight is 283 g/mol. The molecule has 3 nitrogen and oxygen atoms in total. The number of aliphatic carboxylic acids is 1. The van der Waals surface area contributed by atoms with Gasteiger partial charge in [-0.3, -0.25) is 4.79 Å². The normalized spacial score (nSPS) is 24.1. The number of aryl methyl sites for hydroxylation is 2. The van der Waals surface area contributed by atoms with Crippen LogP contribution in [0.1, 0.15) is 55.5 Å². The molecule has 0 atom stereocenters. The van der Waals surface area contributed by atoms with Crippen LogP contribution in [0.2, 0.25) is 0 Å². The second-order valence-electron chi connectivity index (χ2n) is 6.14. The summed E-state index contributed by atoms with van der Waals surface area (Å²) in [6.45, 7) is 0. The van der Waals surface area contributed by atoms with Crippen LogP contribution in [0.15, 0.2) is 6.07 Å². The fraction of sp³-hybridized carbons (Fsp3) is 0.667. The summed E-state index contributed by atoms with van der Waals surface area (Å²) in [5.74, 6) is -3.70. The predicted octanol–water partition coefficient (Wildman–Crippen LogP) is 3.43. The molecule has 0 aliphatic heterocycles. The molecule has 5 heteroatoms. The largest absolute Gasteiger partial charge is 0.481 e. The van der Waals surface area contributed by atoms with Crippen molar-refractivity contribution in [2.75, 3.05) is 0 Å². The first kappa shape index (κ1) is 13.6. The Morgan fingerprint density at radius 2 is 1.80 bits per heavy atom. The van der Waals surface area contributed by atoms with E-state index in [1.165, 1.54) is 5.56 Å². The maximum atomic E-state index is 13.4. The van der Waals surface area contributed by atoms with Gasteiger partial charge in [0.05, 0.1) is 0 Å². The average Bonchev–Trinajstić information content (AvgIpc) is 2.82. The second kappa shape index (κ2) is 4.57. The minimum absolute atomic E-state index is 0.00866. The summed E-state index contributed by atoms with van der Waals surface area (Å²) < 4.78 is 26.7. The number of fused-ring (bicyclic) bond motifs is 1. The number of rotatable bonds is 2. The molecule has 2 aliphatic carbocycles. The van der Waals surface area contributed by atoms with E-state index in [-0.39, 0.29) is 25.7 Å². The molecule has 1 saturated carbocycles. The Balaban J connectivity index is 1.95. The Bertz CT molecular complexity index is 502. The predicted molar refractivity (Wildman–Crippen MR) is 70.2 cm³/mol. The molecule has 0 spiro atoms. The number of halogens is 2. The van der Waals surface area contributed by atoms with Gasteiger partial charge in [-0.15, -0.1) is 0 Å². The van der Waals surface area contributed by atoms with E-state index in [1.54, 1.807) is 0 Å². The number of alkyl halides is 2.